The highest BCUT2D eigenvalue weighted by molar-refractivity contribution is 9.10. The van der Waals surface area contributed by atoms with Crippen LogP contribution in [0.3, 0.4) is 0 Å². The zero-order chi connectivity index (χ0) is 17.8. The summed E-state index contributed by atoms with van der Waals surface area (Å²) in [5.74, 6) is 0.284. The van der Waals surface area contributed by atoms with Crippen molar-refractivity contribution in [1.29, 1.82) is 0 Å². The van der Waals surface area contributed by atoms with Crippen LogP contribution in [0.4, 0.5) is 10.1 Å². The van der Waals surface area contributed by atoms with Gasteiger partial charge < -0.3 is 14.5 Å². The third-order valence-corrected chi connectivity index (χ3v) is 4.92. The molecule has 1 saturated heterocycles. The topological polar surface area (TPSA) is 32.8 Å². The summed E-state index contributed by atoms with van der Waals surface area (Å²) in [6, 6.07) is 11.6. The van der Waals surface area contributed by atoms with E-state index in [1.54, 1.807) is 35.2 Å². The Hall–Kier alpha value is -1.79. The number of halogens is 3. The number of rotatable bonds is 4. The van der Waals surface area contributed by atoms with Crippen molar-refractivity contribution < 1.29 is 13.9 Å². The Morgan fingerprint density at radius 2 is 1.80 bits per heavy atom. The van der Waals surface area contributed by atoms with Gasteiger partial charge in [-0.3, -0.25) is 4.79 Å². The standard InChI is InChI=1S/C18H17BrClFN2O2/c19-16-11-13(20)1-6-17(16)25-12-18(24)23-9-7-22(8-10-23)15-4-2-14(21)3-5-15/h1-6,11H,7-10,12H2. The van der Waals surface area contributed by atoms with Gasteiger partial charge in [0.15, 0.2) is 6.61 Å². The van der Waals surface area contributed by atoms with Crippen molar-refractivity contribution in [3.05, 3.63) is 57.8 Å². The van der Waals surface area contributed by atoms with Crippen molar-refractivity contribution in [2.75, 3.05) is 37.7 Å². The highest BCUT2D eigenvalue weighted by Crippen LogP contribution is 2.28. The molecule has 0 radical (unpaired) electrons. The number of hydrogen-bond acceptors (Lipinski definition) is 3. The van der Waals surface area contributed by atoms with Gasteiger partial charge in [-0.1, -0.05) is 11.6 Å². The molecular formula is C18H17BrClFN2O2. The predicted molar refractivity (Wildman–Crippen MR) is 99.8 cm³/mol. The second-order valence-electron chi connectivity index (χ2n) is 5.71. The van der Waals surface area contributed by atoms with Crippen LogP contribution in [-0.2, 0) is 4.79 Å². The van der Waals surface area contributed by atoms with Crippen molar-refractivity contribution >= 4 is 39.1 Å². The van der Waals surface area contributed by atoms with Crippen LogP contribution < -0.4 is 9.64 Å². The number of carbonyl (C=O) groups excluding carboxylic acids is 1. The fraction of sp³-hybridized carbons (Fsp3) is 0.278. The van der Waals surface area contributed by atoms with Crippen LogP contribution in [0.5, 0.6) is 5.75 Å². The summed E-state index contributed by atoms with van der Waals surface area (Å²) < 4.78 is 19.3. The summed E-state index contributed by atoms with van der Waals surface area (Å²) in [7, 11) is 0. The Morgan fingerprint density at radius 1 is 1.12 bits per heavy atom. The van der Waals surface area contributed by atoms with Gasteiger partial charge in [0, 0.05) is 36.9 Å². The smallest absolute Gasteiger partial charge is 0.260 e. The second-order valence-corrected chi connectivity index (χ2v) is 7.00. The average molecular weight is 428 g/mol. The molecule has 1 heterocycles. The quantitative estimate of drug-likeness (QED) is 0.740. The van der Waals surface area contributed by atoms with E-state index in [1.165, 1.54) is 12.1 Å². The lowest BCUT2D eigenvalue weighted by molar-refractivity contribution is -0.133. The van der Waals surface area contributed by atoms with Crippen molar-refractivity contribution in [3.8, 4) is 5.75 Å². The van der Waals surface area contributed by atoms with E-state index in [0.29, 0.717) is 41.4 Å². The Balaban J connectivity index is 1.50. The van der Waals surface area contributed by atoms with Gasteiger partial charge >= 0.3 is 0 Å². The Bertz CT molecular complexity index is 749. The number of nitrogens with zero attached hydrogens (tertiary/aromatic N) is 2. The lowest BCUT2D eigenvalue weighted by atomic mass is 10.2. The first-order valence-corrected chi connectivity index (χ1v) is 9.06. The minimum atomic E-state index is -0.247. The molecule has 7 heteroatoms. The number of benzene rings is 2. The first-order chi connectivity index (χ1) is 12.0. The molecule has 132 valence electrons. The molecule has 4 nitrogen and oxygen atoms in total. The van der Waals surface area contributed by atoms with Crippen molar-refractivity contribution in [1.82, 2.24) is 4.90 Å². The summed E-state index contributed by atoms with van der Waals surface area (Å²) in [6.07, 6.45) is 0. The molecule has 2 aromatic carbocycles. The fourth-order valence-corrected chi connectivity index (χ4v) is 3.49. The number of ether oxygens (including phenoxy) is 1. The molecule has 0 bridgehead atoms. The van der Waals surface area contributed by atoms with Gasteiger partial charge in [-0.15, -0.1) is 0 Å². The first-order valence-electron chi connectivity index (χ1n) is 7.89. The first kappa shape index (κ1) is 18.0. The van der Waals surface area contributed by atoms with Crippen LogP contribution in [0, 0.1) is 5.82 Å². The van der Waals surface area contributed by atoms with E-state index in [1.807, 2.05) is 0 Å². The maximum absolute atomic E-state index is 13.0. The molecule has 2 aromatic rings. The maximum atomic E-state index is 13.0. The van der Waals surface area contributed by atoms with Crippen LogP contribution in [0.25, 0.3) is 0 Å². The molecule has 0 N–H and O–H groups in total. The van der Waals surface area contributed by atoms with Crippen molar-refractivity contribution in [3.63, 3.8) is 0 Å². The fourth-order valence-electron chi connectivity index (χ4n) is 2.69. The Labute approximate surface area is 159 Å². The molecule has 0 atom stereocenters. The molecule has 3 rings (SSSR count). The molecule has 1 aliphatic heterocycles. The van der Waals surface area contributed by atoms with Crippen LogP contribution in [0.1, 0.15) is 0 Å². The normalized spacial score (nSPS) is 14.5. The molecule has 1 fully saturated rings. The van der Waals surface area contributed by atoms with E-state index in [9.17, 15) is 9.18 Å². The highest BCUT2D eigenvalue weighted by Gasteiger charge is 2.21. The monoisotopic (exact) mass is 426 g/mol. The van der Waals surface area contributed by atoms with Gasteiger partial charge in [-0.25, -0.2) is 4.39 Å². The van der Waals surface area contributed by atoms with Gasteiger partial charge in [-0.05, 0) is 58.4 Å². The summed E-state index contributed by atoms with van der Waals surface area (Å²) in [5.41, 5.74) is 0.967. The number of hydrogen-bond donors (Lipinski definition) is 0. The molecule has 0 saturated carbocycles. The van der Waals surface area contributed by atoms with Gasteiger partial charge in [0.05, 0.1) is 4.47 Å². The highest BCUT2D eigenvalue weighted by atomic mass is 79.9. The third kappa shape index (κ3) is 4.64. The molecular weight excluding hydrogens is 411 g/mol. The van der Waals surface area contributed by atoms with E-state index in [4.69, 9.17) is 16.3 Å². The van der Waals surface area contributed by atoms with Crippen LogP contribution in [0.2, 0.25) is 5.02 Å². The summed E-state index contributed by atoms with van der Waals surface area (Å²) in [5, 5.41) is 0.600. The molecule has 0 aliphatic carbocycles. The zero-order valence-corrected chi connectivity index (χ0v) is 15.8. The van der Waals surface area contributed by atoms with E-state index in [2.05, 4.69) is 20.8 Å². The van der Waals surface area contributed by atoms with Gasteiger partial charge in [0.25, 0.3) is 5.91 Å². The lowest BCUT2D eigenvalue weighted by Crippen LogP contribution is -2.50. The summed E-state index contributed by atoms with van der Waals surface area (Å²) >= 11 is 9.25. The molecule has 1 amide bonds. The maximum Gasteiger partial charge on any atom is 0.260 e. The van der Waals surface area contributed by atoms with E-state index < -0.39 is 0 Å². The second kappa shape index (κ2) is 8.06. The summed E-state index contributed by atoms with van der Waals surface area (Å²) in [4.78, 5) is 16.2. The van der Waals surface area contributed by atoms with Crippen LogP contribution >= 0.6 is 27.5 Å². The molecule has 25 heavy (non-hydrogen) atoms. The molecule has 1 aliphatic rings. The van der Waals surface area contributed by atoms with Gasteiger partial charge in [-0.2, -0.15) is 0 Å². The SMILES string of the molecule is O=C(COc1ccc(Cl)cc1Br)N1CCN(c2ccc(F)cc2)CC1. The lowest BCUT2D eigenvalue weighted by Gasteiger charge is -2.36. The van der Waals surface area contributed by atoms with E-state index in [-0.39, 0.29) is 18.3 Å². The van der Waals surface area contributed by atoms with Gasteiger partial charge in [0.2, 0.25) is 0 Å². The number of amides is 1. The Morgan fingerprint density at radius 3 is 2.44 bits per heavy atom. The van der Waals surface area contributed by atoms with Crippen molar-refractivity contribution in [2.45, 2.75) is 0 Å². The van der Waals surface area contributed by atoms with Crippen LogP contribution in [0.15, 0.2) is 46.9 Å². The largest absolute Gasteiger partial charge is 0.483 e. The van der Waals surface area contributed by atoms with E-state index in [0.717, 1.165) is 5.69 Å². The number of carbonyl (C=O) groups is 1. The minimum Gasteiger partial charge on any atom is -0.483 e. The zero-order valence-electron chi connectivity index (χ0n) is 13.4. The molecule has 0 aromatic heterocycles. The van der Waals surface area contributed by atoms with E-state index >= 15 is 0 Å². The number of anilines is 1. The average Bonchev–Trinajstić information content (AvgIpc) is 2.61. The number of piperazine rings is 1. The molecule has 0 spiro atoms. The Kier molecular flexibility index (Phi) is 5.81. The van der Waals surface area contributed by atoms with Gasteiger partial charge in [0.1, 0.15) is 11.6 Å². The minimum absolute atomic E-state index is 0.0171. The molecule has 0 unspecified atom stereocenters. The predicted octanol–water partition coefficient (Wildman–Crippen LogP) is 3.97. The van der Waals surface area contributed by atoms with Crippen molar-refractivity contribution in [2.24, 2.45) is 0 Å². The summed E-state index contributed by atoms with van der Waals surface area (Å²) in [6.45, 7) is 2.63. The van der Waals surface area contributed by atoms with Crippen LogP contribution in [-0.4, -0.2) is 43.6 Å². The third-order valence-electron chi connectivity index (χ3n) is 4.07.